The first-order chi connectivity index (χ1) is 16.8. The van der Waals surface area contributed by atoms with Crippen molar-refractivity contribution in [1.82, 2.24) is 14.9 Å². The average molecular weight is 476 g/mol. The molecule has 1 N–H and O–H groups in total. The van der Waals surface area contributed by atoms with E-state index in [9.17, 15) is 9.59 Å². The smallest absolute Gasteiger partial charge is 0.336 e. The average Bonchev–Trinajstić information content (AvgIpc) is 3.24. The number of carbonyl (C=O) groups excluding carboxylic acids is 2. The number of hydrogen-bond acceptors (Lipinski definition) is 7. The summed E-state index contributed by atoms with van der Waals surface area (Å²) in [6.07, 6.45) is 6.90. The topological polar surface area (TPSA) is 93.8 Å². The van der Waals surface area contributed by atoms with Gasteiger partial charge >= 0.3 is 5.97 Å². The molecule has 182 valence electrons. The zero-order chi connectivity index (χ0) is 24.9. The van der Waals surface area contributed by atoms with E-state index in [0.29, 0.717) is 18.7 Å². The van der Waals surface area contributed by atoms with Crippen LogP contribution >= 0.6 is 0 Å². The Morgan fingerprint density at radius 1 is 1.20 bits per heavy atom. The lowest BCUT2D eigenvalue weighted by Crippen LogP contribution is -2.32. The van der Waals surface area contributed by atoms with Crippen molar-refractivity contribution in [3.05, 3.63) is 77.1 Å². The van der Waals surface area contributed by atoms with Crippen molar-refractivity contribution in [1.29, 1.82) is 0 Å². The Hall–Kier alpha value is -4.07. The molecule has 8 nitrogen and oxygen atoms in total. The number of benzene rings is 1. The number of methoxy groups -OCH3 is 1. The Labute approximate surface area is 204 Å². The van der Waals surface area contributed by atoms with E-state index in [4.69, 9.17) is 14.2 Å². The van der Waals surface area contributed by atoms with E-state index in [0.717, 1.165) is 28.7 Å². The number of ketones is 1. The van der Waals surface area contributed by atoms with Gasteiger partial charge in [0.15, 0.2) is 11.5 Å². The lowest BCUT2D eigenvalue weighted by atomic mass is 9.99. The van der Waals surface area contributed by atoms with Gasteiger partial charge in [-0.2, -0.15) is 0 Å². The molecule has 0 atom stereocenters. The number of nitrogens with zero attached hydrogens (tertiary/aromatic N) is 2. The van der Waals surface area contributed by atoms with Crippen LogP contribution in [0.4, 0.5) is 0 Å². The number of ether oxygens (including phenoxy) is 3. The minimum absolute atomic E-state index is 0.106. The molecule has 1 aliphatic heterocycles. The van der Waals surface area contributed by atoms with Crippen LogP contribution in [0.2, 0.25) is 0 Å². The van der Waals surface area contributed by atoms with Crippen molar-refractivity contribution in [2.24, 2.45) is 0 Å². The van der Waals surface area contributed by atoms with E-state index < -0.39 is 5.97 Å². The summed E-state index contributed by atoms with van der Waals surface area (Å²) in [5.41, 5.74) is 3.74. The maximum Gasteiger partial charge on any atom is 0.336 e. The number of allylic oxidation sites excluding steroid dienone is 1. The summed E-state index contributed by atoms with van der Waals surface area (Å²) in [5.74, 6) is 0.308. The monoisotopic (exact) mass is 475 g/mol. The quantitative estimate of drug-likeness (QED) is 0.294. The van der Waals surface area contributed by atoms with Gasteiger partial charge in [0.2, 0.25) is 5.88 Å². The van der Waals surface area contributed by atoms with E-state index in [2.05, 4.69) is 16.0 Å². The molecule has 0 amide bonds. The van der Waals surface area contributed by atoms with E-state index in [1.165, 1.54) is 18.6 Å². The third kappa shape index (κ3) is 5.71. The Balaban J connectivity index is 1.68. The highest BCUT2D eigenvalue weighted by atomic mass is 16.5. The van der Waals surface area contributed by atoms with Gasteiger partial charge in [-0.3, -0.25) is 4.79 Å². The number of H-pyrrole nitrogens is 1. The standard InChI is InChI=1S/C27H29N3O5/c1-17(2)34-26(32)14-25(30-11-9-19-7-8-22(33-4)12-21(19)16-30)35-24(18(3)31)13-20-15-29-27-23(20)6-5-10-28-27/h5-8,10,12-15,17H,9,11,16H2,1-4H3,(H,28,29)/b24-13-,25-14+. The number of aromatic nitrogens is 2. The molecule has 3 aromatic rings. The highest BCUT2D eigenvalue weighted by Crippen LogP contribution is 2.28. The van der Waals surface area contributed by atoms with Gasteiger partial charge in [0.25, 0.3) is 0 Å². The highest BCUT2D eigenvalue weighted by molar-refractivity contribution is 5.98. The van der Waals surface area contributed by atoms with Gasteiger partial charge in [0, 0.05) is 43.4 Å². The largest absolute Gasteiger partial charge is 0.497 e. The van der Waals surface area contributed by atoms with Crippen LogP contribution in [0.25, 0.3) is 17.1 Å². The molecule has 8 heteroatoms. The second-order valence-electron chi connectivity index (χ2n) is 8.58. The summed E-state index contributed by atoms with van der Waals surface area (Å²) in [4.78, 5) is 34.4. The Bertz CT molecular complexity index is 1310. The first kappa shape index (κ1) is 24.1. The summed E-state index contributed by atoms with van der Waals surface area (Å²) in [7, 11) is 1.63. The van der Waals surface area contributed by atoms with Crippen LogP contribution in [-0.4, -0.2) is 46.4 Å². The third-order valence-electron chi connectivity index (χ3n) is 5.66. The fraction of sp³-hybridized carbons (Fsp3) is 0.296. The molecule has 1 aliphatic rings. The molecule has 0 bridgehead atoms. The number of fused-ring (bicyclic) bond motifs is 2. The van der Waals surface area contributed by atoms with Gasteiger partial charge in [-0.25, -0.2) is 9.78 Å². The molecule has 0 saturated carbocycles. The van der Waals surface area contributed by atoms with Crippen LogP contribution in [0.1, 0.15) is 37.5 Å². The summed E-state index contributed by atoms with van der Waals surface area (Å²) in [6, 6.07) is 9.71. The van der Waals surface area contributed by atoms with E-state index in [1.54, 1.807) is 39.4 Å². The zero-order valence-corrected chi connectivity index (χ0v) is 20.3. The number of Topliss-reactive ketones (excluding diaryl/α,β-unsaturated/α-hetero) is 1. The fourth-order valence-electron chi connectivity index (χ4n) is 3.95. The minimum atomic E-state index is -0.536. The molecular formula is C27H29N3O5. The normalized spacial score (nSPS) is 14.1. The number of hydrogen-bond donors (Lipinski definition) is 1. The lowest BCUT2D eigenvalue weighted by Gasteiger charge is -2.32. The minimum Gasteiger partial charge on any atom is -0.497 e. The van der Waals surface area contributed by atoms with Crippen LogP contribution in [0.5, 0.6) is 5.75 Å². The van der Waals surface area contributed by atoms with Gasteiger partial charge in [-0.05, 0) is 61.7 Å². The molecule has 35 heavy (non-hydrogen) atoms. The summed E-state index contributed by atoms with van der Waals surface area (Å²) >= 11 is 0. The van der Waals surface area contributed by atoms with Crippen LogP contribution in [0.3, 0.4) is 0 Å². The Morgan fingerprint density at radius 3 is 2.77 bits per heavy atom. The third-order valence-corrected chi connectivity index (χ3v) is 5.66. The van der Waals surface area contributed by atoms with Crippen molar-refractivity contribution in [2.75, 3.05) is 13.7 Å². The lowest BCUT2D eigenvalue weighted by molar-refractivity contribution is -0.141. The first-order valence-electron chi connectivity index (χ1n) is 11.5. The number of rotatable bonds is 8. The van der Waals surface area contributed by atoms with Gasteiger partial charge in [-0.15, -0.1) is 0 Å². The molecule has 0 unspecified atom stereocenters. The molecule has 2 aromatic heterocycles. The van der Waals surface area contributed by atoms with Gasteiger partial charge in [0.05, 0.1) is 19.3 Å². The van der Waals surface area contributed by atoms with Crippen LogP contribution in [-0.2, 0) is 32.0 Å². The predicted octanol–water partition coefficient (Wildman–Crippen LogP) is 4.37. The van der Waals surface area contributed by atoms with E-state index >= 15 is 0 Å². The van der Waals surface area contributed by atoms with Crippen molar-refractivity contribution >= 4 is 28.9 Å². The number of esters is 1. The molecule has 0 aliphatic carbocycles. The van der Waals surface area contributed by atoms with E-state index in [1.807, 2.05) is 29.2 Å². The maximum atomic E-state index is 12.6. The number of aromatic amines is 1. The molecule has 0 radical (unpaired) electrons. The molecule has 4 rings (SSSR count). The van der Waals surface area contributed by atoms with Gasteiger partial charge in [-0.1, -0.05) is 6.07 Å². The number of pyridine rings is 1. The maximum absolute atomic E-state index is 12.6. The van der Waals surface area contributed by atoms with Gasteiger partial charge in [0.1, 0.15) is 11.4 Å². The van der Waals surface area contributed by atoms with Crippen LogP contribution in [0.15, 0.2) is 60.4 Å². The Morgan fingerprint density at radius 2 is 2.03 bits per heavy atom. The van der Waals surface area contributed by atoms with Crippen molar-refractivity contribution in [3.8, 4) is 5.75 Å². The predicted molar refractivity (Wildman–Crippen MR) is 132 cm³/mol. The van der Waals surface area contributed by atoms with E-state index in [-0.39, 0.29) is 23.5 Å². The molecule has 0 fully saturated rings. The van der Waals surface area contributed by atoms with Crippen molar-refractivity contribution in [2.45, 2.75) is 39.8 Å². The van der Waals surface area contributed by atoms with Crippen LogP contribution < -0.4 is 4.74 Å². The highest BCUT2D eigenvalue weighted by Gasteiger charge is 2.23. The van der Waals surface area contributed by atoms with Gasteiger partial charge < -0.3 is 24.1 Å². The molecular weight excluding hydrogens is 446 g/mol. The summed E-state index contributed by atoms with van der Waals surface area (Å²) in [6.45, 7) is 6.10. The van der Waals surface area contributed by atoms with Crippen LogP contribution in [0, 0.1) is 0 Å². The first-order valence-corrected chi connectivity index (χ1v) is 11.5. The second kappa shape index (κ2) is 10.5. The summed E-state index contributed by atoms with van der Waals surface area (Å²) < 4.78 is 16.8. The van der Waals surface area contributed by atoms with Crippen molar-refractivity contribution < 1.29 is 23.8 Å². The zero-order valence-electron chi connectivity index (χ0n) is 20.3. The molecule has 0 spiro atoms. The Kier molecular flexibility index (Phi) is 7.19. The molecule has 1 aromatic carbocycles. The van der Waals surface area contributed by atoms with Crippen molar-refractivity contribution in [3.63, 3.8) is 0 Å². The SMILES string of the molecule is COc1ccc2c(c1)CN(/C(=C\C(=O)OC(C)C)O/C(=C\c1c[nH]c3ncccc13)C(C)=O)CC2. The number of carbonyl (C=O) groups is 2. The fourth-order valence-corrected chi connectivity index (χ4v) is 3.95. The number of nitrogens with one attached hydrogen (secondary N) is 1. The molecule has 0 saturated heterocycles. The second-order valence-corrected chi connectivity index (χ2v) is 8.58. The summed E-state index contributed by atoms with van der Waals surface area (Å²) in [5, 5.41) is 0.860. The molecule has 3 heterocycles.